The first kappa shape index (κ1) is 25.4. The zero-order valence-corrected chi connectivity index (χ0v) is 20.2. The van der Waals surface area contributed by atoms with Gasteiger partial charge in [0.1, 0.15) is 23.3 Å². The zero-order chi connectivity index (χ0) is 23.5. The molecule has 0 unspecified atom stereocenters. The number of rotatable bonds is 12. The van der Waals surface area contributed by atoms with Crippen LogP contribution in [0.1, 0.15) is 102 Å². The van der Waals surface area contributed by atoms with Gasteiger partial charge < -0.3 is 0 Å². The monoisotopic (exact) mass is 451 g/mol. The minimum absolute atomic E-state index is 0.467. The molecule has 33 heavy (non-hydrogen) atoms. The van der Waals surface area contributed by atoms with Crippen molar-refractivity contribution in [1.82, 2.24) is 0 Å². The van der Waals surface area contributed by atoms with Crippen molar-refractivity contribution >= 4 is 0 Å². The molecule has 1 saturated carbocycles. The summed E-state index contributed by atoms with van der Waals surface area (Å²) in [6, 6.07) is 12.0. The van der Waals surface area contributed by atoms with Crippen LogP contribution in [0.5, 0.6) is 0 Å². The first-order valence-corrected chi connectivity index (χ1v) is 13.1. The van der Waals surface area contributed by atoms with Crippen molar-refractivity contribution in [2.24, 2.45) is 11.8 Å². The Labute approximate surface area is 199 Å². The maximum atomic E-state index is 13.9. The van der Waals surface area contributed by atoms with Crippen LogP contribution in [0.25, 0.3) is 11.1 Å². The first-order valence-electron chi connectivity index (χ1n) is 13.1. The fourth-order valence-corrected chi connectivity index (χ4v) is 5.28. The number of hydrogen-bond donors (Lipinski definition) is 0. The molecule has 0 heterocycles. The summed E-state index contributed by atoms with van der Waals surface area (Å²) in [5.41, 5.74) is 1.99. The molecule has 1 aliphatic carbocycles. The predicted molar refractivity (Wildman–Crippen MR) is 133 cm³/mol. The number of halogens is 2. The largest absolute Gasteiger partial charge is 0.205 e. The maximum absolute atomic E-state index is 13.9. The van der Waals surface area contributed by atoms with E-state index in [4.69, 9.17) is 5.26 Å². The fourth-order valence-electron chi connectivity index (χ4n) is 5.28. The van der Waals surface area contributed by atoms with E-state index in [1.165, 1.54) is 101 Å². The Morgan fingerprint density at radius 2 is 1.30 bits per heavy atom. The van der Waals surface area contributed by atoms with Gasteiger partial charge in [0.15, 0.2) is 0 Å². The minimum Gasteiger partial charge on any atom is -0.205 e. The van der Waals surface area contributed by atoms with Gasteiger partial charge in [-0.3, -0.25) is 0 Å². The van der Waals surface area contributed by atoms with E-state index in [1.54, 1.807) is 6.07 Å². The van der Waals surface area contributed by atoms with Gasteiger partial charge in [0.25, 0.3) is 0 Å². The number of aryl methyl sites for hydroxylation is 1. The standard InChI is InChI=1S/C30H39F2N/c1-2-3-4-5-6-7-8-9-23-10-12-24(13-11-23)14-15-25-16-18-26(19-17-25)27-20-29(31)28(22-33)30(32)21-27/h16-21,23-24H,2-15H2,1H3/t23-,24-. The van der Waals surface area contributed by atoms with Gasteiger partial charge in [-0.15, -0.1) is 0 Å². The van der Waals surface area contributed by atoms with E-state index in [0.717, 1.165) is 23.8 Å². The predicted octanol–water partition coefficient (Wildman–Crippen LogP) is 9.38. The Hall–Kier alpha value is -2.21. The second-order valence-corrected chi connectivity index (χ2v) is 9.96. The van der Waals surface area contributed by atoms with Crippen molar-refractivity contribution in [1.29, 1.82) is 5.26 Å². The summed E-state index contributed by atoms with van der Waals surface area (Å²) in [6.45, 7) is 2.28. The van der Waals surface area contributed by atoms with Crippen molar-refractivity contribution in [3.05, 3.63) is 59.2 Å². The molecule has 0 saturated heterocycles. The van der Waals surface area contributed by atoms with Gasteiger partial charge in [0.2, 0.25) is 0 Å². The van der Waals surface area contributed by atoms with Crippen LogP contribution in [0.4, 0.5) is 8.78 Å². The van der Waals surface area contributed by atoms with Gasteiger partial charge >= 0.3 is 0 Å². The smallest absolute Gasteiger partial charge is 0.144 e. The topological polar surface area (TPSA) is 23.8 Å². The van der Waals surface area contributed by atoms with E-state index in [2.05, 4.69) is 19.1 Å². The zero-order valence-electron chi connectivity index (χ0n) is 20.2. The SMILES string of the molecule is CCCCCCCCC[C@H]1CC[C@H](CCc2ccc(-c3cc(F)c(C#N)c(F)c3)cc2)CC1. The molecule has 0 atom stereocenters. The molecule has 0 amide bonds. The molecule has 0 radical (unpaired) electrons. The second kappa shape index (κ2) is 13.5. The van der Waals surface area contributed by atoms with Crippen LogP contribution in [-0.2, 0) is 6.42 Å². The number of hydrogen-bond acceptors (Lipinski definition) is 1. The van der Waals surface area contributed by atoms with E-state index in [0.29, 0.717) is 5.56 Å². The molecule has 1 aliphatic rings. The van der Waals surface area contributed by atoms with Crippen LogP contribution >= 0.6 is 0 Å². The third kappa shape index (κ3) is 7.95. The van der Waals surface area contributed by atoms with Gasteiger partial charge in [0, 0.05) is 0 Å². The third-order valence-electron chi connectivity index (χ3n) is 7.46. The minimum atomic E-state index is -0.806. The lowest BCUT2D eigenvalue weighted by Crippen LogP contribution is -2.15. The molecule has 0 aliphatic heterocycles. The Balaban J connectivity index is 1.36. The molecular formula is C30H39F2N. The number of unbranched alkanes of at least 4 members (excludes halogenated alkanes) is 6. The van der Waals surface area contributed by atoms with Crippen molar-refractivity contribution in [3.8, 4) is 17.2 Å². The van der Waals surface area contributed by atoms with Gasteiger partial charge in [-0.25, -0.2) is 8.78 Å². The maximum Gasteiger partial charge on any atom is 0.144 e. The van der Waals surface area contributed by atoms with Gasteiger partial charge in [-0.1, -0.05) is 108 Å². The lowest BCUT2D eigenvalue weighted by molar-refractivity contribution is 0.248. The summed E-state index contributed by atoms with van der Waals surface area (Å²) < 4.78 is 27.8. The molecule has 0 bridgehead atoms. The fraction of sp³-hybridized carbons (Fsp3) is 0.567. The van der Waals surface area contributed by atoms with E-state index in [1.807, 2.05) is 12.1 Å². The molecule has 178 valence electrons. The molecule has 1 nitrogen and oxygen atoms in total. The quantitative estimate of drug-likeness (QED) is 0.295. The Bertz CT molecular complexity index is 865. The molecule has 3 heteroatoms. The van der Waals surface area contributed by atoms with E-state index >= 15 is 0 Å². The van der Waals surface area contributed by atoms with Crippen LogP contribution in [0, 0.1) is 34.8 Å². The number of nitrogens with zero attached hydrogens (tertiary/aromatic N) is 1. The van der Waals surface area contributed by atoms with E-state index < -0.39 is 17.2 Å². The number of benzene rings is 2. The van der Waals surface area contributed by atoms with Crippen molar-refractivity contribution < 1.29 is 8.78 Å². The van der Waals surface area contributed by atoms with Crippen molar-refractivity contribution in [2.45, 2.75) is 96.8 Å². The first-order chi connectivity index (χ1) is 16.1. The van der Waals surface area contributed by atoms with Crippen molar-refractivity contribution in [2.75, 3.05) is 0 Å². The molecule has 2 aromatic carbocycles. The molecule has 3 rings (SSSR count). The van der Waals surface area contributed by atoms with Crippen LogP contribution in [-0.4, -0.2) is 0 Å². The van der Waals surface area contributed by atoms with Gasteiger partial charge in [0.05, 0.1) is 0 Å². The van der Waals surface area contributed by atoms with Crippen LogP contribution in [0.2, 0.25) is 0 Å². The number of nitriles is 1. The second-order valence-electron chi connectivity index (χ2n) is 9.96. The summed E-state index contributed by atoms with van der Waals surface area (Å²) in [5.74, 6) is 0.166. The Kier molecular flexibility index (Phi) is 10.4. The van der Waals surface area contributed by atoms with E-state index in [9.17, 15) is 8.78 Å². The molecule has 0 N–H and O–H groups in total. The van der Waals surface area contributed by atoms with Crippen LogP contribution in [0.15, 0.2) is 36.4 Å². The summed E-state index contributed by atoms with van der Waals surface area (Å²) in [6.07, 6.45) is 19.0. The summed E-state index contributed by atoms with van der Waals surface area (Å²) in [4.78, 5) is 0. The molecule has 0 aromatic heterocycles. The highest BCUT2D eigenvalue weighted by atomic mass is 19.1. The van der Waals surface area contributed by atoms with Crippen LogP contribution < -0.4 is 0 Å². The van der Waals surface area contributed by atoms with Crippen molar-refractivity contribution in [3.63, 3.8) is 0 Å². The Morgan fingerprint density at radius 3 is 1.88 bits per heavy atom. The molecule has 2 aromatic rings. The van der Waals surface area contributed by atoms with Gasteiger partial charge in [-0.05, 0) is 53.5 Å². The average molecular weight is 452 g/mol. The Morgan fingerprint density at radius 1 is 0.758 bits per heavy atom. The lowest BCUT2D eigenvalue weighted by atomic mass is 9.77. The summed E-state index contributed by atoms with van der Waals surface area (Å²) in [7, 11) is 0. The normalized spacial score (nSPS) is 18.2. The molecular weight excluding hydrogens is 412 g/mol. The van der Waals surface area contributed by atoms with Crippen LogP contribution in [0.3, 0.4) is 0 Å². The third-order valence-corrected chi connectivity index (χ3v) is 7.46. The summed E-state index contributed by atoms with van der Waals surface area (Å²) in [5, 5.41) is 8.83. The lowest BCUT2D eigenvalue weighted by Gasteiger charge is -2.28. The highest BCUT2D eigenvalue weighted by molar-refractivity contribution is 5.65. The average Bonchev–Trinajstić information content (AvgIpc) is 2.83. The highest BCUT2D eigenvalue weighted by Crippen LogP contribution is 2.34. The highest BCUT2D eigenvalue weighted by Gasteiger charge is 2.20. The van der Waals surface area contributed by atoms with E-state index in [-0.39, 0.29) is 0 Å². The van der Waals surface area contributed by atoms with Gasteiger partial charge in [-0.2, -0.15) is 5.26 Å². The molecule has 1 fully saturated rings. The molecule has 0 spiro atoms. The summed E-state index contributed by atoms with van der Waals surface area (Å²) >= 11 is 0.